The number of carbonyl (C=O) groups excluding carboxylic acids is 1. The lowest BCUT2D eigenvalue weighted by Gasteiger charge is -2.08. The molecule has 1 aliphatic carbocycles. The normalized spacial score (nSPS) is 13.1. The van der Waals surface area contributed by atoms with Gasteiger partial charge in [0.2, 0.25) is 0 Å². The van der Waals surface area contributed by atoms with Crippen LogP contribution >= 0.6 is 0 Å². The molecule has 0 atom stereocenters. The lowest BCUT2D eigenvalue weighted by molar-refractivity contribution is 0.0936. The Morgan fingerprint density at radius 3 is 3.11 bits per heavy atom. The number of hydrazine groups is 1. The fraction of sp³-hybridized carbons (Fsp3) is 0.231. The smallest absolute Gasteiger partial charge is 0.290 e. The fourth-order valence-electron chi connectivity index (χ4n) is 2.21. The first kappa shape index (κ1) is 11.6. The summed E-state index contributed by atoms with van der Waals surface area (Å²) in [6.07, 6.45) is 4.47. The predicted molar refractivity (Wildman–Crippen MR) is 69.0 cm³/mol. The Morgan fingerprint density at radius 1 is 1.42 bits per heavy atom. The second-order valence-electron chi connectivity index (χ2n) is 4.42. The Kier molecular flexibility index (Phi) is 2.83. The zero-order chi connectivity index (χ0) is 13.2. The van der Waals surface area contributed by atoms with Crippen molar-refractivity contribution in [2.45, 2.75) is 19.3 Å². The SMILES string of the molecule is C=C(NNC(=O)c1n[nH]c2c1CCC2)c1ccco1. The van der Waals surface area contributed by atoms with Gasteiger partial charge in [-0.3, -0.25) is 20.7 Å². The van der Waals surface area contributed by atoms with Gasteiger partial charge in [-0.05, 0) is 31.4 Å². The number of hydrogen-bond donors (Lipinski definition) is 3. The number of H-pyrrole nitrogens is 1. The molecule has 3 N–H and O–H groups in total. The largest absolute Gasteiger partial charge is 0.463 e. The molecular formula is C13H14N4O2. The molecule has 2 aromatic rings. The molecule has 0 saturated carbocycles. The maximum Gasteiger partial charge on any atom is 0.290 e. The zero-order valence-corrected chi connectivity index (χ0v) is 10.3. The number of hydrogen-bond acceptors (Lipinski definition) is 4. The number of rotatable bonds is 4. The molecular weight excluding hydrogens is 244 g/mol. The fourth-order valence-corrected chi connectivity index (χ4v) is 2.21. The number of furan rings is 1. The van der Waals surface area contributed by atoms with Gasteiger partial charge in [0.25, 0.3) is 5.91 Å². The lowest BCUT2D eigenvalue weighted by Crippen LogP contribution is -2.36. The standard InChI is InChI=1S/C13H14N4O2/c1-8(11-6-3-7-19-11)14-17-13(18)12-9-4-2-5-10(9)15-16-12/h3,6-7,14H,1-2,4-5H2,(H,15,16)(H,17,18). The minimum absolute atomic E-state index is 0.271. The van der Waals surface area contributed by atoms with Crippen molar-refractivity contribution in [2.75, 3.05) is 0 Å². The van der Waals surface area contributed by atoms with Gasteiger partial charge in [0, 0.05) is 11.3 Å². The highest BCUT2D eigenvalue weighted by Gasteiger charge is 2.22. The van der Waals surface area contributed by atoms with Gasteiger partial charge in [-0.1, -0.05) is 6.58 Å². The third-order valence-electron chi connectivity index (χ3n) is 3.17. The van der Waals surface area contributed by atoms with Gasteiger partial charge in [0.15, 0.2) is 11.5 Å². The first-order chi connectivity index (χ1) is 9.25. The minimum Gasteiger partial charge on any atom is -0.463 e. The van der Waals surface area contributed by atoms with E-state index >= 15 is 0 Å². The lowest BCUT2D eigenvalue weighted by atomic mass is 10.2. The molecule has 0 saturated heterocycles. The maximum absolute atomic E-state index is 12.0. The molecule has 6 nitrogen and oxygen atoms in total. The molecule has 1 aliphatic rings. The zero-order valence-electron chi connectivity index (χ0n) is 10.3. The van der Waals surface area contributed by atoms with Gasteiger partial charge in [0.1, 0.15) is 0 Å². The van der Waals surface area contributed by atoms with Gasteiger partial charge in [-0.25, -0.2) is 0 Å². The summed E-state index contributed by atoms with van der Waals surface area (Å²) in [6.45, 7) is 3.78. The molecule has 19 heavy (non-hydrogen) atoms. The first-order valence-electron chi connectivity index (χ1n) is 6.11. The number of fused-ring (bicyclic) bond motifs is 1. The minimum atomic E-state index is -0.271. The highest BCUT2D eigenvalue weighted by Crippen LogP contribution is 2.22. The highest BCUT2D eigenvalue weighted by atomic mass is 16.3. The summed E-state index contributed by atoms with van der Waals surface area (Å²) < 4.78 is 5.16. The summed E-state index contributed by atoms with van der Waals surface area (Å²) in [5.74, 6) is 0.305. The summed E-state index contributed by atoms with van der Waals surface area (Å²) in [7, 11) is 0. The molecule has 0 aromatic carbocycles. The first-order valence-corrected chi connectivity index (χ1v) is 6.11. The summed E-state index contributed by atoms with van der Waals surface area (Å²) in [6, 6.07) is 3.51. The molecule has 2 heterocycles. The Bertz CT molecular complexity index is 613. The van der Waals surface area contributed by atoms with Crippen LogP contribution < -0.4 is 10.9 Å². The number of nitrogens with zero attached hydrogens (tertiary/aromatic N) is 1. The molecule has 6 heteroatoms. The Balaban J connectivity index is 1.64. The van der Waals surface area contributed by atoms with E-state index in [1.807, 2.05) is 0 Å². The topological polar surface area (TPSA) is 83.0 Å². The van der Waals surface area contributed by atoms with E-state index in [4.69, 9.17) is 4.42 Å². The van der Waals surface area contributed by atoms with E-state index in [-0.39, 0.29) is 5.91 Å². The van der Waals surface area contributed by atoms with E-state index in [1.54, 1.807) is 18.4 Å². The van der Waals surface area contributed by atoms with Crippen molar-refractivity contribution in [2.24, 2.45) is 0 Å². The number of amides is 1. The molecule has 0 fully saturated rings. The van der Waals surface area contributed by atoms with Crippen LogP contribution in [0.3, 0.4) is 0 Å². The number of carbonyl (C=O) groups is 1. The van der Waals surface area contributed by atoms with Crippen LogP contribution in [0.5, 0.6) is 0 Å². The van der Waals surface area contributed by atoms with Crippen LogP contribution in [-0.4, -0.2) is 16.1 Å². The quantitative estimate of drug-likeness (QED) is 0.724. The second-order valence-corrected chi connectivity index (χ2v) is 4.42. The van der Waals surface area contributed by atoms with E-state index in [1.165, 1.54) is 0 Å². The second kappa shape index (κ2) is 4.64. The summed E-state index contributed by atoms with van der Waals surface area (Å²) in [4.78, 5) is 12.0. The monoisotopic (exact) mass is 258 g/mol. The van der Waals surface area contributed by atoms with Crippen LogP contribution in [0.4, 0.5) is 0 Å². The van der Waals surface area contributed by atoms with E-state index < -0.39 is 0 Å². The van der Waals surface area contributed by atoms with Crippen LogP contribution in [0, 0.1) is 0 Å². The van der Waals surface area contributed by atoms with Gasteiger partial charge in [-0.2, -0.15) is 5.10 Å². The molecule has 3 rings (SSSR count). The maximum atomic E-state index is 12.0. The third kappa shape index (κ3) is 2.12. The third-order valence-corrected chi connectivity index (χ3v) is 3.17. The van der Waals surface area contributed by atoms with Crippen molar-refractivity contribution >= 4 is 11.6 Å². The van der Waals surface area contributed by atoms with Crippen molar-refractivity contribution < 1.29 is 9.21 Å². The van der Waals surface area contributed by atoms with Crippen LogP contribution in [0.15, 0.2) is 29.4 Å². The Morgan fingerprint density at radius 2 is 2.32 bits per heavy atom. The van der Waals surface area contributed by atoms with E-state index in [9.17, 15) is 4.79 Å². The Labute approximate surface area is 109 Å². The number of aromatic amines is 1. The molecule has 2 aromatic heterocycles. The average molecular weight is 258 g/mol. The molecule has 0 bridgehead atoms. The molecule has 1 amide bonds. The van der Waals surface area contributed by atoms with Crippen molar-refractivity contribution in [3.8, 4) is 0 Å². The van der Waals surface area contributed by atoms with E-state index in [2.05, 4.69) is 27.6 Å². The molecule has 0 radical (unpaired) electrons. The Hall–Kier alpha value is -2.50. The van der Waals surface area contributed by atoms with Crippen LogP contribution in [-0.2, 0) is 12.8 Å². The van der Waals surface area contributed by atoms with Gasteiger partial charge in [0.05, 0.1) is 12.0 Å². The number of aryl methyl sites for hydroxylation is 1. The van der Waals surface area contributed by atoms with Gasteiger partial charge >= 0.3 is 0 Å². The number of aromatic nitrogens is 2. The van der Waals surface area contributed by atoms with Gasteiger partial charge < -0.3 is 4.42 Å². The van der Waals surface area contributed by atoms with Crippen molar-refractivity contribution in [3.05, 3.63) is 47.7 Å². The van der Waals surface area contributed by atoms with Crippen molar-refractivity contribution in [1.82, 2.24) is 21.0 Å². The average Bonchev–Trinajstić information content (AvgIpc) is 3.10. The summed E-state index contributed by atoms with van der Waals surface area (Å²) in [5, 5.41) is 6.95. The van der Waals surface area contributed by atoms with Gasteiger partial charge in [-0.15, -0.1) is 0 Å². The molecule has 98 valence electrons. The summed E-state index contributed by atoms with van der Waals surface area (Å²) in [5.41, 5.74) is 8.32. The van der Waals surface area contributed by atoms with Crippen LogP contribution in [0.25, 0.3) is 5.70 Å². The van der Waals surface area contributed by atoms with Crippen LogP contribution in [0.2, 0.25) is 0 Å². The molecule has 0 spiro atoms. The van der Waals surface area contributed by atoms with Crippen molar-refractivity contribution in [3.63, 3.8) is 0 Å². The van der Waals surface area contributed by atoms with Crippen molar-refractivity contribution in [1.29, 1.82) is 0 Å². The predicted octanol–water partition coefficient (Wildman–Crippen LogP) is 1.40. The number of nitrogens with one attached hydrogen (secondary N) is 3. The molecule has 0 aliphatic heterocycles. The van der Waals surface area contributed by atoms with E-state index in [0.29, 0.717) is 17.2 Å². The highest BCUT2D eigenvalue weighted by molar-refractivity contribution is 5.94. The summed E-state index contributed by atoms with van der Waals surface area (Å²) >= 11 is 0. The molecule has 0 unspecified atom stereocenters. The van der Waals surface area contributed by atoms with E-state index in [0.717, 1.165) is 30.5 Å². The van der Waals surface area contributed by atoms with Crippen LogP contribution in [0.1, 0.15) is 33.9 Å².